The van der Waals surface area contributed by atoms with Gasteiger partial charge < -0.3 is 62.0 Å². The van der Waals surface area contributed by atoms with Crippen LogP contribution in [-0.2, 0) is 16.0 Å². The van der Waals surface area contributed by atoms with Gasteiger partial charge in [0.1, 0.15) is 11.2 Å². The quantitative estimate of drug-likeness (QED) is 0.0410. The Labute approximate surface area is 481 Å². The van der Waals surface area contributed by atoms with E-state index in [2.05, 4.69) is 94.5 Å². The summed E-state index contributed by atoms with van der Waals surface area (Å²) < 4.78 is 5.60. The number of H-pyrrole nitrogens is 1. The summed E-state index contributed by atoms with van der Waals surface area (Å²) in [6, 6.07) is 17.8. The molecule has 4 saturated carbocycles. The Morgan fingerprint density at radius 3 is 2.54 bits per heavy atom. The van der Waals surface area contributed by atoms with Gasteiger partial charge in [0.2, 0.25) is 0 Å². The number of aromatic nitrogens is 1. The fourth-order valence-corrected chi connectivity index (χ4v) is 18.4. The lowest BCUT2D eigenvalue weighted by molar-refractivity contribution is -0.144. The second-order valence-electron chi connectivity index (χ2n) is 26.6. The molecule has 0 radical (unpaired) electrons. The first-order valence-electron chi connectivity index (χ1n) is 30.8. The van der Waals surface area contributed by atoms with E-state index >= 15 is 4.79 Å². The molecular weight excluding hydrogens is 1030 g/mol. The highest BCUT2D eigenvalue weighted by Gasteiger charge is 2.65. The van der Waals surface area contributed by atoms with Crippen molar-refractivity contribution in [3.05, 3.63) is 124 Å². The van der Waals surface area contributed by atoms with Crippen LogP contribution in [0.2, 0.25) is 0 Å². The number of nitrogens with two attached hydrogens (primary N) is 1. The zero-order chi connectivity index (χ0) is 56.8. The zero-order valence-corrected chi connectivity index (χ0v) is 47.4. The molecule has 1 spiro atoms. The summed E-state index contributed by atoms with van der Waals surface area (Å²) >= 11 is 0. The average molecular weight is 1110 g/mol. The van der Waals surface area contributed by atoms with Crippen LogP contribution in [0.25, 0.3) is 16.8 Å². The van der Waals surface area contributed by atoms with Gasteiger partial charge in [-0.2, -0.15) is 0 Å². The number of carbonyl (C=O) groups is 2. The molecule has 1 aromatic heterocycles. The molecule has 4 aromatic rings. The van der Waals surface area contributed by atoms with Gasteiger partial charge in [-0.05, 0) is 188 Å². The number of ketones is 2. The van der Waals surface area contributed by atoms with E-state index in [0.717, 1.165) is 53.4 Å². The number of phenols is 1. The molecule has 0 bridgehead atoms. The highest BCUT2D eigenvalue weighted by atomic mass is 16.5. The number of piperidine rings is 1. The number of aryl methyl sites for hydroxylation is 1. The summed E-state index contributed by atoms with van der Waals surface area (Å²) in [6.07, 6.45) is 13.0. The lowest BCUT2D eigenvalue weighted by Gasteiger charge is -2.65. The van der Waals surface area contributed by atoms with E-state index in [1.165, 1.54) is 36.8 Å². The SMILES string of the molecule is COc1cc2c(cc1O)[C@@H](C[C@H](O)[C@H](O)C[C@H](C1=CCNC(N)=C1)c1ccc3ccccc3c1)C#C[C@@]1(CC[C@H]([C@H]3[C@H](CNC4(C)CCCC4)[C@H]4c5[nH]cc6c5[C@H]5[C@H]7[C@H]4[C@H](CN[C@@H]7CC(=O)[C@@H]5C=C6)[C@@H]3CCC(O)O)C[C@H]1O)C(=O)CC2. The summed E-state index contributed by atoms with van der Waals surface area (Å²) in [4.78, 5) is 33.0. The molecule has 2 aliphatic heterocycles. The van der Waals surface area contributed by atoms with Crippen molar-refractivity contribution >= 4 is 28.4 Å². The van der Waals surface area contributed by atoms with Crippen LogP contribution in [0.4, 0.5) is 0 Å². The number of hydrogen-bond acceptors (Lipinski definition) is 13. The van der Waals surface area contributed by atoms with E-state index in [0.29, 0.717) is 55.8 Å². The number of ether oxygens (including phenoxy) is 1. The van der Waals surface area contributed by atoms with Crippen LogP contribution >= 0.6 is 0 Å². The van der Waals surface area contributed by atoms with Gasteiger partial charge in [0, 0.05) is 72.4 Å². The largest absolute Gasteiger partial charge is 0.504 e. The van der Waals surface area contributed by atoms with Crippen molar-refractivity contribution in [2.75, 3.05) is 26.7 Å². The molecule has 9 aliphatic rings. The number of allylic oxidation sites excluding steroid dienone is 3. The first-order valence-corrected chi connectivity index (χ1v) is 30.8. The fourth-order valence-electron chi connectivity index (χ4n) is 18.4. The Bertz CT molecular complexity index is 3270. The summed E-state index contributed by atoms with van der Waals surface area (Å²) in [5.74, 6) is 7.63. The van der Waals surface area contributed by atoms with Gasteiger partial charge in [-0.25, -0.2) is 0 Å². The molecule has 0 unspecified atom stereocenters. The van der Waals surface area contributed by atoms with E-state index in [-0.39, 0.29) is 126 Å². The van der Waals surface area contributed by atoms with Crippen molar-refractivity contribution in [1.82, 2.24) is 20.9 Å². The van der Waals surface area contributed by atoms with Crippen molar-refractivity contribution in [2.24, 2.45) is 58.5 Å². The van der Waals surface area contributed by atoms with Gasteiger partial charge in [-0.3, -0.25) is 9.59 Å². The van der Waals surface area contributed by atoms with Crippen LogP contribution in [0.3, 0.4) is 0 Å². The van der Waals surface area contributed by atoms with Crippen LogP contribution in [0.15, 0.2) is 90.4 Å². The zero-order valence-electron chi connectivity index (χ0n) is 47.4. The molecule has 82 heavy (non-hydrogen) atoms. The molecule has 14 heteroatoms. The number of benzene rings is 3. The van der Waals surface area contributed by atoms with E-state index in [9.17, 15) is 35.4 Å². The third-order valence-electron chi connectivity index (χ3n) is 22.3. The Morgan fingerprint density at radius 2 is 1.76 bits per heavy atom. The highest BCUT2D eigenvalue weighted by molar-refractivity contribution is 5.90. The number of phenolic OH excluding ortho intramolecular Hbond substituents is 1. The molecule has 13 rings (SSSR count). The normalized spacial score (nSPS) is 34.3. The Balaban J connectivity index is 0.842. The monoisotopic (exact) mass is 1110 g/mol. The molecular formula is C68H83N5O9. The van der Waals surface area contributed by atoms with Crippen LogP contribution in [0, 0.1) is 64.6 Å². The van der Waals surface area contributed by atoms with Gasteiger partial charge >= 0.3 is 0 Å². The lowest BCUT2D eigenvalue weighted by atomic mass is 9.41. The summed E-state index contributed by atoms with van der Waals surface area (Å²) in [7, 11) is 1.48. The highest BCUT2D eigenvalue weighted by Crippen LogP contribution is 2.67. The maximum Gasteiger partial charge on any atom is 0.160 e. The molecule has 3 heterocycles. The van der Waals surface area contributed by atoms with Gasteiger partial charge in [0.25, 0.3) is 0 Å². The summed E-state index contributed by atoms with van der Waals surface area (Å²) in [5.41, 5.74) is 11.9. The van der Waals surface area contributed by atoms with Crippen molar-refractivity contribution in [3.8, 4) is 23.3 Å². The van der Waals surface area contributed by atoms with Crippen LogP contribution in [0.1, 0.15) is 148 Å². The lowest BCUT2D eigenvalue weighted by Crippen LogP contribution is -2.67. The van der Waals surface area contributed by atoms with Crippen LogP contribution < -0.4 is 26.4 Å². The number of aromatic amines is 1. The minimum Gasteiger partial charge on any atom is -0.504 e. The van der Waals surface area contributed by atoms with Crippen molar-refractivity contribution in [3.63, 3.8) is 0 Å². The topological polar surface area (TPSA) is 243 Å². The molecule has 3 aromatic carbocycles. The van der Waals surface area contributed by atoms with E-state index < -0.39 is 35.9 Å². The molecule has 14 nitrogen and oxygen atoms in total. The van der Waals surface area contributed by atoms with Gasteiger partial charge in [-0.1, -0.05) is 85.4 Å². The van der Waals surface area contributed by atoms with Gasteiger partial charge in [-0.15, -0.1) is 0 Å². The summed E-state index contributed by atoms with van der Waals surface area (Å²) in [6.45, 7) is 4.37. The number of carbonyl (C=O) groups excluding carboxylic acids is 2. The average Bonchev–Trinajstić information content (AvgIpc) is 1.76. The smallest absolute Gasteiger partial charge is 0.160 e. The summed E-state index contributed by atoms with van der Waals surface area (Å²) in [5, 5.41) is 83.7. The molecule has 5 fully saturated rings. The van der Waals surface area contributed by atoms with Gasteiger partial charge in [0.15, 0.2) is 23.6 Å². The first-order chi connectivity index (χ1) is 39.6. The second kappa shape index (κ2) is 22.0. The molecule has 0 amide bonds. The van der Waals surface area contributed by atoms with Crippen molar-refractivity contribution in [2.45, 2.75) is 157 Å². The van der Waals surface area contributed by atoms with E-state index in [1.54, 1.807) is 12.1 Å². The number of methoxy groups -OCH3 is 1. The number of nitrogens with one attached hydrogen (secondary N) is 4. The Hall–Kier alpha value is -5.76. The number of aliphatic hydroxyl groups excluding tert-OH is 4. The third-order valence-corrected chi connectivity index (χ3v) is 22.3. The number of fused-ring (bicyclic) bond motifs is 3. The molecule has 17 atom stereocenters. The predicted molar refractivity (Wildman–Crippen MR) is 314 cm³/mol. The molecule has 12 N–H and O–H groups in total. The number of rotatable bonds is 15. The first kappa shape index (κ1) is 55.4. The van der Waals surface area contributed by atoms with Crippen molar-refractivity contribution < 1.29 is 45.0 Å². The third kappa shape index (κ3) is 9.74. The van der Waals surface area contributed by atoms with E-state index in [4.69, 9.17) is 10.5 Å². The maximum atomic E-state index is 15.2. The van der Waals surface area contributed by atoms with Crippen LogP contribution in [0.5, 0.6) is 11.5 Å². The number of aromatic hydroxyl groups is 1. The Morgan fingerprint density at radius 1 is 0.939 bits per heavy atom. The minimum atomic E-state index is -1.47. The molecule has 1 saturated heterocycles. The minimum absolute atomic E-state index is 0.0131. The maximum absolute atomic E-state index is 15.2. The number of hydrogen-bond donors (Lipinski definition) is 11. The standard InChI is InChI=1S/C68H83N5O9/c1-67(20-5-6-21-67)73-35-49-60(44(14-16-59(80)81)48-34-71-50-32-51(74)45-13-11-43-33-72-66-61(43)62(45)65(50)63(48)64(49)66)42-18-23-68(57(79)28-42)22-17-40(47-31-54(77)55(82-2)27-39(47)12-15-56(68)78)26-52(75)53(76)30-46(41-19-24-70-58(69)29-41)38-10-9-36-7-3-4-8-37(36)25-38/h3-4,7-11,13,19,25,27,29,31,33,40,42,44-46,48-50,52-53,57,59-60,62-65,70-73,75-77,79-81H,5-6,12,14-16,18,20-21,23-24,26,28,30,32,34-35,69H2,1-2H3/t40-,42+,44+,45+,46+,48-,49+,50-,52+,53-,57-,60-,62+,63+,64-,65+,68-/m1/s1. The fraction of sp³-hybridized carbons (Fsp3) is 0.559. The molecule has 7 aliphatic carbocycles. The predicted octanol–water partition coefficient (Wildman–Crippen LogP) is 7.44. The van der Waals surface area contributed by atoms with E-state index in [1.807, 2.05) is 18.2 Å². The number of Topliss-reactive ketones (excluding diaryl/α,β-unsaturated/α-hetero) is 2. The van der Waals surface area contributed by atoms with Crippen molar-refractivity contribution in [1.29, 1.82) is 0 Å². The second-order valence-corrected chi connectivity index (χ2v) is 26.6. The number of dihydropyridines is 1. The van der Waals surface area contributed by atoms with Crippen LogP contribution in [-0.4, -0.2) is 110 Å². The Kier molecular flexibility index (Phi) is 14.9. The molecule has 434 valence electrons. The number of aliphatic hydroxyl groups is 5. The van der Waals surface area contributed by atoms with Gasteiger partial charge in [0.05, 0.1) is 31.2 Å².